The largest absolute Gasteiger partial charge is 0.491 e. The predicted molar refractivity (Wildman–Crippen MR) is 120 cm³/mol. The Labute approximate surface area is 191 Å². The van der Waals surface area contributed by atoms with Crippen molar-refractivity contribution in [3.05, 3.63) is 101 Å². The summed E-state index contributed by atoms with van der Waals surface area (Å²) in [5.74, 6) is -0.447. The Kier molecular flexibility index (Phi) is 8.16. The quantitative estimate of drug-likeness (QED) is 0.508. The van der Waals surface area contributed by atoms with E-state index >= 15 is 0 Å². The number of hydrogen-bond donors (Lipinski definition) is 1. The second kappa shape index (κ2) is 11.7. The molecule has 7 heteroatoms. The number of hydrogen-bond acceptors (Lipinski definition) is 6. The van der Waals surface area contributed by atoms with Crippen molar-refractivity contribution in [2.45, 2.75) is 19.1 Å². The molecule has 0 saturated carbocycles. The standard InChI is InChI=1S/C26H21N3O4/c27-15-19-9-11-22(12-10-19)26(31)29-23(18-32-24-8-4-7-21(13-24)16-28)14-25(30)33-17-20-5-2-1-3-6-20/h1-13,23H,14,17-18H2,(H,29,31)/t23-/m1/s1. The van der Waals surface area contributed by atoms with Gasteiger partial charge in [0.15, 0.2) is 0 Å². The molecule has 0 saturated heterocycles. The van der Waals surface area contributed by atoms with Gasteiger partial charge in [0.25, 0.3) is 5.91 Å². The highest BCUT2D eigenvalue weighted by atomic mass is 16.5. The number of amides is 1. The van der Waals surface area contributed by atoms with Gasteiger partial charge in [0, 0.05) is 5.56 Å². The van der Waals surface area contributed by atoms with E-state index in [0.717, 1.165) is 5.56 Å². The Morgan fingerprint density at radius 3 is 2.30 bits per heavy atom. The third kappa shape index (κ3) is 7.23. The van der Waals surface area contributed by atoms with E-state index in [4.69, 9.17) is 20.0 Å². The first-order chi connectivity index (χ1) is 16.1. The van der Waals surface area contributed by atoms with Crippen LogP contribution in [0.15, 0.2) is 78.9 Å². The van der Waals surface area contributed by atoms with Crippen LogP contribution in [-0.2, 0) is 16.1 Å². The first-order valence-electron chi connectivity index (χ1n) is 10.2. The number of nitriles is 2. The summed E-state index contributed by atoms with van der Waals surface area (Å²) in [5.41, 5.74) is 2.08. The molecule has 3 rings (SSSR count). The lowest BCUT2D eigenvalue weighted by Gasteiger charge is -2.19. The average Bonchev–Trinajstić information content (AvgIpc) is 2.86. The molecule has 0 aliphatic heterocycles. The van der Waals surface area contributed by atoms with E-state index in [9.17, 15) is 9.59 Å². The van der Waals surface area contributed by atoms with E-state index in [1.807, 2.05) is 42.5 Å². The topological polar surface area (TPSA) is 112 Å². The van der Waals surface area contributed by atoms with Gasteiger partial charge in [0.1, 0.15) is 19.0 Å². The Morgan fingerprint density at radius 1 is 0.879 bits per heavy atom. The minimum absolute atomic E-state index is 0.00264. The van der Waals surface area contributed by atoms with Crippen molar-refractivity contribution in [1.82, 2.24) is 5.32 Å². The van der Waals surface area contributed by atoms with Gasteiger partial charge in [-0.05, 0) is 48.0 Å². The van der Waals surface area contributed by atoms with Gasteiger partial charge in [-0.1, -0.05) is 36.4 Å². The fraction of sp³-hybridized carbons (Fsp3) is 0.154. The summed E-state index contributed by atoms with van der Waals surface area (Å²) in [6, 6.07) is 25.4. The number of carbonyl (C=O) groups is 2. The maximum Gasteiger partial charge on any atom is 0.308 e. The molecule has 33 heavy (non-hydrogen) atoms. The zero-order valence-corrected chi connectivity index (χ0v) is 17.7. The van der Waals surface area contributed by atoms with Gasteiger partial charge in [0.2, 0.25) is 0 Å². The van der Waals surface area contributed by atoms with E-state index in [1.54, 1.807) is 36.4 Å². The lowest BCUT2D eigenvalue weighted by molar-refractivity contribution is -0.145. The molecule has 1 atom stereocenters. The molecule has 1 N–H and O–H groups in total. The maximum atomic E-state index is 12.7. The lowest BCUT2D eigenvalue weighted by Crippen LogP contribution is -2.41. The summed E-state index contributed by atoms with van der Waals surface area (Å²) < 4.78 is 11.1. The molecule has 1 amide bonds. The molecule has 0 spiro atoms. The smallest absolute Gasteiger partial charge is 0.308 e. The van der Waals surface area contributed by atoms with Gasteiger partial charge in [-0.25, -0.2) is 0 Å². The minimum atomic E-state index is -0.679. The first-order valence-corrected chi connectivity index (χ1v) is 10.2. The van der Waals surface area contributed by atoms with E-state index in [1.165, 1.54) is 12.1 Å². The number of carbonyl (C=O) groups excluding carboxylic acids is 2. The molecular weight excluding hydrogens is 418 g/mol. The zero-order chi connectivity index (χ0) is 23.5. The SMILES string of the molecule is N#Cc1ccc(C(=O)N[C@@H](COc2cccc(C#N)c2)CC(=O)OCc2ccccc2)cc1. The second-order valence-electron chi connectivity index (χ2n) is 7.16. The molecular formula is C26H21N3O4. The molecule has 164 valence electrons. The molecule has 0 fully saturated rings. The molecule has 3 aromatic carbocycles. The fourth-order valence-corrected chi connectivity index (χ4v) is 2.97. The van der Waals surface area contributed by atoms with Gasteiger partial charge in [-0.2, -0.15) is 10.5 Å². The normalized spacial score (nSPS) is 10.8. The molecule has 0 aromatic heterocycles. The monoisotopic (exact) mass is 439 g/mol. The van der Waals surface area contributed by atoms with Crippen molar-refractivity contribution < 1.29 is 19.1 Å². The molecule has 0 aliphatic carbocycles. The molecule has 7 nitrogen and oxygen atoms in total. The van der Waals surface area contributed by atoms with Crippen molar-refractivity contribution in [1.29, 1.82) is 10.5 Å². The van der Waals surface area contributed by atoms with Crippen LogP contribution in [0.3, 0.4) is 0 Å². The Morgan fingerprint density at radius 2 is 1.61 bits per heavy atom. The van der Waals surface area contributed by atoms with Gasteiger partial charge >= 0.3 is 5.97 Å². The van der Waals surface area contributed by atoms with Crippen molar-refractivity contribution in [3.63, 3.8) is 0 Å². The Hall–Kier alpha value is -4.62. The van der Waals surface area contributed by atoms with Crippen LogP contribution >= 0.6 is 0 Å². The van der Waals surface area contributed by atoms with Crippen molar-refractivity contribution >= 4 is 11.9 Å². The van der Waals surface area contributed by atoms with Crippen LogP contribution in [0.2, 0.25) is 0 Å². The highest BCUT2D eigenvalue weighted by Crippen LogP contribution is 2.14. The van der Waals surface area contributed by atoms with Gasteiger partial charge in [0.05, 0.1) is 35.7 Å². The fourth-order valence-electron chi connectivity index (χ4n) is 2.97. The number of benzene rings is 3. The molecule has 0 heterocycles. The van der Waals surface area contributed by atoms with Crippen LogP contribution in [0, 0.1) is 22.7 Å². The van der Waals surface area contributed by atoms with Crippen LogP contribution in [0.4, 0.5) is 0 Å². The Balaban J connectivity index is 1.65. The molecule has 0 aliphatic rings. The van der Waals surface area contributed by atoms with Crippen molar-refractivity contribution in [3.8, 4) is 17.9 Å². The third-order valence-electron chi connectivity index (χ3n) is 4.68. The number of nitrogens with one attached hydrogen (secondary N) is 1. The summed E-state index contributed by atoms with van der Waals surface area (Å²) in [7, 11) is 0. The summed E-state index contributed by atoms with van der Waals surface area (Å²) in [5, 5.41) is 20.8. The number of ether oxygens (including phenoxy) is 2. The zero-order valence-electron chi connectivity index (χ0n) is 17.7. The van der Waals surface area contributed by atoms with E-state index in [2.05, 4.69) is 5.32 Å². The number of nitrogens with zero attached hydrogens (tertiary/aromatic N) is 2. The minimum Gasteiger partial charge on any atom is -0.491 e. The van der Waals surface area contributed by atoms with E-state index < -0.39 is 17.9 Å². The van der Waals surface area contributed by atoms with Crippen LogP contribution in [0.1, 0.15) is 33.5 Å². The van der Waals surface area contributed by atoms with E-state index in [0.29, 0.717) is 22.4 Å². The number of esters is 1. The van der Waals surface area contributed by atoms with Crippen LogP contribution in [0.5, 0.6) is 5.75 Å². The third-order valence-corrected chi connectivity index (χ3v) is 4.68. The first kappa shape index (κ1) is 23.1. The summed E-state index contributed by atoms with van der Waals surface area (Å²) in [6.07, 6.45) is -0.104. The Bertz CT molecular complexity index is 1180. The van der Waals surface area contributed by atoms with Gasteiger partial charge in [-0.15, -0.1) is 0 Å². The van der Waals surface area contributed by atoms with Gasteiger partial charge in [-0.3, -0.25) is 9.59 Å². The molecule has 0 unspecified atom stereocenters. The summed E-state index contributed by atoms with van der Waals surface area (Å²) >= 11 is 0. The van der Waals surface area contributed by atoms with Gasteiger partial charge < -0.3 is 14.8 Å². The average molecular weight is 439 g/mol. The molecule has 0 bridgehead atoms. The van der Waals surface area contributed by atoms with Crippen molar-refractivity contribution in [2.75, 3.05) is 6.61 Å². The molecule has 3 aromatic rings. The van der Waals surface area contributed by atoms with E-state index in [-0.39, 0.29) is 19.6 Å². The second-order valence-corrected chi connectivity index (χ2v) is 7.16. The van der Waals surface area contributed by atoms with Crippen molar-refractivity contribution in [2.24, 2.45) is 0 Å². The highest BCUT2D eigenvalue weighted by Gasteiger charge is 2.20. The predicted octanol–water partition coefficient (Wildman–Crippen LogP) is 3.74. The summed E-state index contributed by atoms with van der Waals surface area (Å²) in [6.45, 7) is 0.123. The van der Waals surface area contributed by atoms with Crippen LogP contribution in [-0.4, -0.2) is 24.5 Å². The summed E-state index contributed by atoms with van der Waals surface area (Å²) in [4.78, 5) is 25.1. The van der Waals surface area contributed by atoms with Crippen LogP contribution < -0.4 is 10.1 Å². The lowest BCUT2D eigenvalue weighted by atomic mass is 10.1. The van der Waals surface area contributed by atoms with Crippen LogP contribution in [0.25, 0.3) is 0 Å². The maximum absolute atomic E-state index is 12.7. The molecule has 0 radical (unpaired) electrons. The number of rotatable bonds is 9. The highest BCUT2D eigenvalue weighted by molar-refractivity contribution is 5.94.